The Morgan fingerprint density at radius 1 is 1.56 bits per heavy atom. The number of rotatable bonds is 7. The predicted octanol–water partition coefficient (Wildman–Crippen LogP) is 2.65. The lowest BCUT2D eigenvalue weighted by Crippen LogP contribution is -2.14. The van der Waals surface area contributed by atoms with E-state index >= 15 is 0 Å². The van der Waals surface area contributed by atoms with Crippen molar-refractivity contribution in [2.75, 3.05) is 13.7 Å². The van der Waals surface area contributed by atoms with Gasteiger partial charge in [0.25, 0.3) is 0 Å². The molecule has 1 saturated carbocycles. The second kappa shape index (κ2) is 6.05. The van der Waals surface area contributed by atoms with Crippen LogP contribution in [0.1, 0.15) is 47.6 Å². The molecule has 0 bridgehead atoms. The molecule has 1 aliphatic carbocycles. The van der Waals surface area contributed by atoms with E-state index in [1.165, 1.54) is 32.8 Å². The molecular weight excluding hydrogens is 230 g/mol. The second-order valence-corrected chi connectivity index (χ2v) is 4.94. The van der Waals surface area contributed by atoms with Crippen LogP contribution >= 0.6 is 0 Å². The van der Waals surface area contributed by atoms with Crippen molar-refractivity contribution in [3.63, 3.8) is 0 Å². The van der Waals surface area contributed by atoms with Crippen LogP contribution in [0, 0.1) is 12.8 Å². The number of carbonyl (C=O) groups is 1. The lowest BCUT2D eigenvalue weighted by molar-refractivity contribution is 0.0599. The molecule has 100 valence electrons. The van der Waals surface area contributed by atoms with Crippen molar-refractivity contribution in [3.8, 4) is 0 Å². The average Bonchev–Trinajstić information content (AvgIpc) is 3.11. The molecule has 1 N–H and O–H groups in total. The first-order valence-corrected chi connectivity index (χ1v) is 6.59. The smallest absolute Gasteiger partial charge is 0.341 e. The highest BCUT2D eigenvalue weighted by Gasteiger charge is 2.20. The Morgan fingerprint density at radius 3 is 3.00 bits per heavy atom. The standard InChI is InChI=1S/C14H21NO3/c1-10-13(14(16)17-2)8-12(18-10)9-15-7-3-4-11-5-6-11/h8,11,15H,3-7,9H2,1-2H3. The SMILES string of the molecule is COC(=O)c1cc(CNCCCC2CC2)oc1C. The number of aryl methyl sites for hydroxylation is 1. The molecule has 1 fully saturated rings. The lowest BCUT2D eigenvalue weighted by atomic mass is 10.2. The molecule has 1 aliphatic rings. The second-order valence-electron chi connectivity index (χ2n) is 4.94. The maximum atomic E-state index is 11.4. The van der Waals surface area contributed by atoms with Crippen LogP contribution in [-0.4, -0.2) is 19.6 Å². The van der Waals surface area contributed by atoms with E-state index in [4.69, 9.17) is 4.42 Å². The van der Waals surface area contributed by atoms with Gasteiger partial charge in [0.1, 0.15) is 17.1 Å². The van der Waals surface area contributed by atoms with Gasteiger partial charge in [-0.25, -0.2) is 4.79 Å². The fraction of sp³-hybridized carbons (Fsp3) is 0.643. The highest BCUT2D eigenvalue weighted by molar-refractivity contribution is 5.90. The maximum Gasteiger partial charge on any atom is 0.341 e. The summed E-state index contributed by atoms with van der Waals surface area (Å²) in [5.41, 5.74) is 0.521. The molecule has 4 heteroatoms. The number of hydrogen-bond donors (Lipinski definition) is 1. The van der Waals surface area contributed by atoms with Crippen LogP contribution in [-0.2, 0) is 11.3 Å². The zero-order chi connectivity index (χ0) is 13.0. The number of ether oxygens (including phenoxy) is 1. The van der Waals surface area contributed by atoms with Gasteiger partial charge in [-0.15, -0.1) is 0 Å². The average molecular weight is 251 g/mol. The molecule has 0 radical (unpaired) electrons. The van der Waals surface area contributed by atoms with Crippen LogP contribution in [0.25, 0.3) is 0 Å². The third kappa shape index (κ3) is 3.60. The molecule has 4 nitrogen and oxygen atoms in total. The van der Waals surface area contributed by atoms with Crippen molar-refractivity contribution >= 4 is 5.97 Å². The van der Waals surface area contributed by atoms with Gasteiger partial charge in [-0.05, 0) is 38.3 Å². The normalized spacial score (nSPS) is 14.8. The first kappa shape index (κ1) is 13.1. The number of nitrogens with one attached hydrogen (secondary N) is 1. The summed E-state index contributed by atoms with van der Waals surface area (Å²) in [4.78, 5) is 11.4. The van der Waals surface area contributed by atoms with E-state index in [1.807, 2.05) is 0 Å². The van der Waals surface area contributed by atoms with E-state index in [0.717, 1.165) is 18.2 Å². The Hall–Kier alpha value is -1.29. The Bertz CT molecular complexity index is 407. The zero-order valence-electron chi connectivity index (χ0n) is 11.1. The Balaban J connectivity index is 1.73. The van der Waals surface area contributed by atoms with Crippen LogP contribution in [0.5, 0.6) is 0 Å². The van der Waals surface area contributed by atoms with Crippen LogP contribution < -0.4 is 5.32 Å². The molecule has 0 aliphatic heterocycles. The van der Waals surface area contributed by atoms with E-state index in [-0.39, 0.29) is 5.97 Å². The first-order valence-electron chi connectivity index (χ1n) is 6.59. The molecule has 0 atom stereocenters. The summed E-state index contributed by atoms with van der Waals surface area (Å²) in [5, 5.41) is 3.34. The molecule has 2 rings (SSSR count). The van der Waals surface area contributed by atoms with Gasteiger partial charge in [0, 0.05) is 0 Å². The summed E-state index contributed by atoms with van der Waals surface area (Å²) in [6.07, 6.45) is 5.38. The molecule has 18 heavy (non-hydrogen) atoms. The van der Waals surface area contributed by atoms with Gasteiger partial charge in [0.05, 0.1) is 13.7 Å². The largest absolute Gasteiger partial charge is 0.465 e. The van der Waals surface area contributed by atoms with Gasteiger partial charge < -0.3 is 14.5 Å². The van der Waals surface area contributed by atoms with Gasteiger partial charge in [-0.2, -0.15) is 0 Å². The van der Waals surface area contributed by atoms with Crippen molar-refractivity contribution in [2.45, 2.75) is 39.2 Å². The molecule has 0 amide bonds. The van der Waals surface area contributed by atoms with Crippen molar-refractivity contribution in [1.29, 1.82) is 0 Å². The summed E-state index contributed by atoms with van der Waals surface area (Å²) in [6, 6.07) is 1.76. The zero-order valence-corrected chi connectivity index (χ0v) is 11.1. The number of esters is 1. The predicted molar refractivity (Wildman–Crippen MR) is 68.4 cm³/mol. The minimum absolute atomic E-state index is 0.337. The molecule has 1 heterocycles. The van der Waals surface area contributed by atoms with E-state index < -0.39 is 0 Å². The summed E-state index contributed by atoms with van der Waals surface area (Å²) >= 11 is 0. The molecule has 0 spiro atoms. The number of carbonyl (C=O) groups excluding carboxylic acids is 1. The summed E-state index contributed by atoms with van der Waals surface area (Å²) in [6.45, 7) is 3.45. The quantitative estimate of drug-likeness (QED) is 0.598. The molecule has 1 aromatic rings. The van der Waals surface area contributed by atoms with Crippen LogP contribution in [0.3, 0.4) is 0 Å². The Labute approximate surface area is 108 Å². The summed E-state index contributed by atoms with van der Waals surface area (Å²) in [5.74, 6) is 2.07. The van der Waals surface area contributed by atoms with E-state index in [2.05, 4.69) is 10.1 Å². The third-order valence-electron chi connectivity index (χ3n) is 3.34. The minimum atomic E-state index is -0.337. The summed E-state index contributed by atoms with van der Waals surface area (Å²) in [7, 11) is 1.38. The molecule has 0 aromatic carbocycles. The highest BCUT2D eigenvalue weighted by Crippen LogP contribution is 2.33. The Morgan fingerprint density at radius 2 is 2.33 bits per heavy atom. The number of hydrogen-bond acceptors (Lipinski definition) is 4. The van der Waals surface area contributed by atoms with Crippen molar-refractivity contribution in [1.82, 2.24) is 5.32 Å². The monoisotopic (exact) mass is 251 g/mol. The van der Waals surface area contributed by atoms with E-state index in [0.29, 0.717) is 17.9 Å². The van der Waals surface area contributed by atoms with Crippen LogP contribution in [0.15, 0.2) is 10.5 Å². The van der Waals surface area contributed by atoms with Gasteiger partial charge >= 0.3 is 5.97 Å². The van der Waals surface area contributed by atoms with Crippen molar-refractivity contribution in [2.24, 2.45) is 5.92 Å². The van der Waals surface area contributed by atoms with Crippen molar-refractivity contribution < 1.29 is 13.9 Å². The van der Waals surface area contributed by atoms with Gasteiger partial charge in [0.15, 0.2) is 0 Å². The van der Waals surface area contributed by atoms with Crippen LogP contribution in [0.4, 0.5) is 0 Å². The Kier molecular flexibility index (Phi) is 4.42. The molecule has 1 aromatic heterocycles. The highest BCUT2D eigenvalue weighted by atomic mass is 16.5. The van der Waals surface area contributed by atoms with Gasteiger partial charge in [-0.3, -0.25) is 0 Å². The topological polar surface area (TPSA) is 51.5 Å². The third-order valence-corrected chi connectivity index (χ3v) is 3.34. The van der Waals surface area contributed by atoms with Gasteiger partial charge in [-0.1, -0.05) is 12.8 Å². The van der Waals surface area contributed by atoms with Crippen molar-refractivity contribution in [3.05, 3.63) is 23.2 Å². The van der Waals surface area contributed by atoms with Gasteiger partial charge in [0.2, 0.25) is 0 Å². The lowest BCUT2D eigenvalue weighted by Gasteiger charge is -2.01. The number of methoxy groups -OCH3 is 1. The first-order chi connectivity index (χ1) is 8.70. The van der Waals surface area contributed by atoms with Crippen LogP contribution in [0.2, 0.25) is 0 Å². The molecule has 0 saturated heterocycles. The minimum Gasteiger partial charge on any atom is -0.465 e. The molecule has 0 unspecified atom stereocenters. The fourth-order valence-corrected chi connectivity index (χ4v) is 2.08. The number of furan rings is 1. The fourth-order valence-electron chi connectivity index (χ4n) is 2.08. The molecular formula is C14H21NO3. The maximum absolute atomic E-state index is 11.4. The van der Waals surface area contributed by atoms with E-state index in [1.54, 1.807) is 13.0 Å². The summed E-state index contributed by atoms with van der Waals surface area (Å²) < 4.78 is 10.2. The van der Waals surface area contributed by atoms with E-state index in [9.17, 15) is 4.79 Å².